The minimum Gasteiger partial charge on any atom is -0.345 e. The Morgan fingerprint density at radius 3 is 2.70 bits per heavy atom. The zero-order valence-corrected chi connectivity index (χ0v) is 13.4. The zero-order chi connectivity index (χ0) is 14.9. The molecule has 1 amide bonds. The summed E-state index contributed by atoms with van der Waals surface area (Å²) in [6, 6.07) is 4.47. The highest BCUT2D eigenvalue weighted by molar-refractivity contribution is 5.77. The third-order valence-electron chi connectivity index (χ3n) is 4.01. The number of aryl methyl sites for hydroxylation is 1. The van der Waals surface area contributed by atoms with Crippen LogP contribution in [-0.2, 0) is 11.3 Å². The molecule has 1 aliphatic rings. The Morgan fingerprint density at radius 2 is 2.05 bits per heavy atom. The van der Waals surface area contributed by atoms with Crippen molar-refractivity contribution in [2.24, 2.45) is 0 Å². The first-order valence-electron chi connectivity index (χ1n) is 7.50. The molecule has 0 spiro atoms. The van der Waals surface area contributed by atoms with Crippen molar-refractivity contribution in [2.45, 2.75) is 59.2 Å². The van der Waals surface area contributed by atoms with Crippen LogP contribution < -0.4 is 5.32 Å². The number of amides is 1. The lowest BCUT2D eigenvalue weighted by molar-refractivity contribution is -0.134. The predicted molar refractivity (Wildman–Crippen MR) is 81.7 cm³/mol. The SMILES string of the molecule is Cc1ccc2n1CCN(C(=O)CCNC(C)(C)C)C2C. The molecular weight excluding hydrogens is 250 g/mol. The summed E-state index contributed by atoms with van der Waals surface area (Å²) in [5.74, 6) is 0.249. The normalized spacial score (nSPS) is 19.1. The Bertz CT molecular complexity index is 484. The van der Waals surface area contributed by atoms with Crippen molar-refractivity contribution in [3.8, 4) is 0 Å². The minimum absolute atomic E-state index is 0.0691. The third kappa shape index (κ3) is 3.23. The number of hydrogen-bond acceptors (Lipinski definition) is 2. The average Bonchev–Trinajstić information content (AvgIpc) is 2.71. The molecular formula is C16H27N3O. The molecule has 4 heteroatoms. The van der Waals surface area contributed by atoms with Gasteiger partial charge in [-0.3, -0.25) is 4.79 Å². The summed E-state index contributed by atoms with van der Waals surface area (Å²) >= 11 is 0. The smallest absolute Gasteiger partial charge is 0.224 e. The average molecular weight is 277 g/mol. The quantitative estimate of drug-likeness (QED) is 0.921. The van der Waals surface area contributed by atoms with E-state index in [1.807, 2.05) is 4.90 Å². The van der Waals surface area contributed by atoms with E-state index in [0.29, 0.717) is 6.42 Å². The van der Waals surface area contributed by atoms with Gasteiger partial charge in [0.25, 0.3) is 0 Å². The molecule has 0 saturated carbocycles. The van der Waals surface area contributed by atoms with Gasteiger partial charge < -0.3 is 14.8 Å². The Morgan fingerprint density at radius 1 is 1.35 bits per heavy atom. The van der Waals surface area contributed by atoms with Gasteiger partial charge in [-0.25, -0.2) is 0 Å². The van der Waals surface area contributed by atoms with Crippen LogP contribution >= 0.6 is 0 Å². The molecule has 1 N–H and O–H groups in total. The number of rotatable bonds is 3. The van der Waals surface area contributed by atoms with Gasteiger partial charge in [0.1, 0.15) is 0 Å². The van der Waals surface area contributed by atoms with E-state index < -0.39 is 0 Å². The molecule has 0 fully saturated rings. The second-order valence-electron chi connectivity index (χ2n) is 6.74. The molecule has 20 heavy (non-hydrogen) atoms. The van der Waals surface area contributed by atoms with Crippen LogP contribution in [0.2, 0.25) is 0 Å². The van der Waals surface area contributed by atoms with Gasteiger partial charge in [0.05, 0.1) is 6.04 Å². The zero-order valence-electron chi connectivity index (χ0n) is 13.4. The van der Waals surface area contributed by atoms with Crippen LogP contribution in [0.1, 0.15) is 51.5 Å². The maximum atomic E-state index is 12.4. The van der Waals surface area contributed by atoms with E-state index >= 15 is 0 Å². The molecule has 0 aliphatic carbocycles. The van der Waals surface area contributed by atoms with E-state index in [1.165, 1.54) is 11.4 Å². The van der Waals surface area contributed by atoms with E-state index in [9.17, 15) is 4.79 Å². The van der Waals surface area contributed by atoms with Gasteiger partial charge in [0.2, 0.25) is 5.91 Å². The summed E-state index contributed by atoms with van der Waals surface area (Å²) in [6.45, 7) is 13.1. The Kier molecular flexibility index (Phi) is 4.23. The minimum atomic E-state index is 0.0691. The number of nitrogens with one attached hydrogen (secondary N) is 1. The second kappa shape index (κ2) is 5.60. The van der Waals surface area contributed by atoms with Crippen molar-refractivity contribution < 1.29 is 4.79 Å². The number of nitrogens with zero attached hydrogens (tertiary/aromatic N) is 2. The molecule has 1 aromatic rings. The molecule has 2 heterocycles. The van der Waals surface area contributed by atoms with Crippen LogP contribution in [0.5, 0.6) is 0 Å². The largest absolute Gasteiger partial charge is 0.345 e. The molecule has 1 aromatic heterocycles. The summed E-state index contributed by atoms with van der Waals surface area (Å²) < 4.78 is 2.32. The Balaban J connectivity index is 1.95. The molecule has 1 atom stereocenters. The van der Waals surface area contributed by atoms with E-state index in [0.717, 1.165) is 19.6 Å². The fourth-order valence-corrected chi connectivity index (χ4v) is 2.85. The van der Waals surface area contributed by atoms with E-state index in [1.54, 1.807) is 0 Å². The summed E-state index contributed by atoms with van der Waals surface area (Å²) in [5, 5.41) is 3.38. The van der Waals surface area contributed by atoms with Crippen molar-refractivity contribution in [2.75, 3.05) is 13.1 Å². The first-order chi connectivity index (χ1) is 9.29. The predicted octanol–water partition coefficient (Wildman–Crippen LogP) is 2.48. The van der Waals surface area contributed by atoms with E-state index in [4.69, 9.17) is 0 Å². The highest BCUT2D eigenvalue weighted by Crippen LogP contribution is 2.27. The number of carbonyl (C=O) groups is 1. The van der Waals surface area contributed by atoms with E-state index in [-0.39, 0.29) is 17.5 Å². The number of aromatic nitrogens is 1. The van der Waals surface area contributed by atoms with Gasteiger partial charge in [-0.2, -0.15) is 0 Å². The number of hydrogen-bond donors (Lipinski definition) is 1. The van der Waals surface area contributed by atoms with E-state index in [2.05, 4.69) is 56.6 Å². The third-order valence-corrected chi connectivity index (χ3v) is 4.01. The fourth-order valence-electron chi connectivity index (χ4n) is 2.85. The van der Waals surface area contributed by atoms with Crippen molar-refractivity contribution in [3.63, 3.8) is 0 Å². The summed E-state index contributed by atoms with van der Waals surface area (Å²) in [5.41, 5.74) is 2.61. The van der Waals surface area contributed by atoms with Gasteiger partial charge in [0.15, 0.2) is 0 Å². The van der Waals surface area contributed by atoms with Gasteiger partial charge >= 0.3 is 0 Å². The van der Waals surface area contributed by atoms with Crippen LogP contribution in [0.25, 0.3) is 0 Å². The lowest BCUT2D eigenvalue weighted by Gasteiger charge is -2.35. The topological polar surface area (TPSA) is 37.3 Å². The van der Waals surface area contributed by atoms with Crippen molar-refractivity contribution in [1.82, 2.24) is 14.8 Å². The monoisotopic (exact) mass is 277 g/mol. The number of carbonyl (C=O) groups excluding carboxylic acids is 1. The maximum Gasteiger partial charge on any atom is 0.224 e. The second-order valence-corrected chi connectivity index (χ2v) is 6.74. The van der Waals surface area contributed by atoms with Gasteiger partial charge in [-0.15, -0.1) is 0 Å². The highest BCUT2D eigenvalue weighted by Gasteiger charge is 2.27. The first kappa shape index (κ1) is 15.1. The van der Waals surface area contributed by atoms with Crippen molar-refractivity contribution in [3.05, 3.63) is 23.5 Å². The summed E-state index contributed by atoms with van der Waals surface area (Å²) in [7, 11) is 0. The van der Waals surface area contributed by atoms with Crippen LogP contribution in [0, 0.1) is 6.92 Å². The van der Waals surface area contributed by atoms with Crippen LogP contribution in [0.15, 0.2) is 12.1 Å². The number of fused-ring (bicyclic) bond motifs is 1. The molecule has 0 radical (unpaired) electrons. The molecule has 112 valence electrons. The maximum absolute atomic E-state index is 12.4. The Labute approximate surface area is 122 Å². The lowest BCUT2D eigenvalue weighted by atomic mass is 10.1. The van der Waals surface area contributed by atoms with Gasteiger partial charge in [-0.1, -0.05) is 0 Å². The molecule has 4 nitrogen and oxygen atoms in total. The molecule has 1 aliphatic heterocycles. The van der Waals surface area contributed by atoms with Crippen LogP contribution in [0.4, 0.5) is 0 Å². The first-order valence-corrected chi connectivity index (χ1v) is 7.50. The van der Waals surface area contributed by atoms with Crippen LogP contribution in [0.3, 0.4) is 0 Å². The van der Waals surface area contributed by atoms with Crippen molar-refractivity contribution >= 4 is 5.91 Å². The molecule has 2 rings (SSSR count). The Hall–Kier alpha value is -1.29. The molecule has 0 aromatic carbocycles. The fraction of sp³-hybridized carbons (Fsp3) is 0.688. The lowest BCUT2D eigenvalue weighted by Crippen LogP contribution is -2.43. The van der Waals surface area contributed by atoms with Gasteiger partial charge in [-0.05, 0) is 46.8 Å². The molecule has 0 bridgehead atoms. The van der Waals surface area contributed by atoms with Crippen LogP contribution in [-0.4, -0.2) is 34.0 Å². The van der Waals surface area contributed by atoms with Crippen molar-refractivity contribution in [1.29, 1.82) is 0 Å². The summed E-state index contributed by atoms with van der Waals surface area (Å²) in [6.07, 6.45) is 0.571. The molecule has 0 saturated heterocycles. The summed E-state index contributed by atoms with van der Waals surface area (Å²) in [4.78, 5) is 14.4. The standard InChI is InChI=1S/C16H27N3O/c1-12-6-7-14-13(2)19(11-10-18(12)14)15(20)8-9-17-16(3,4)5/h6-7,13,17H,8-11H2,1-5H3. The molecule has 1 unspecified atom stereocenters. The van der Waals surface area contributed by atoms with Gasteiger partial charge in [0, 0.05) is 43.0 Å². The highest BCUT2D eigenvalue weighted by atomic mass is 16.2.